The Kier molecular flexibility index (Phi) is 4.35. The van der Waals surface area contributed by atoms with Crippen molar-refractivity contribution in [2.45, 2.75) is 32.6 Å². The first-order chi connectivity index (χ1) is 9.09. The van der Waals surface area contributed by atoms with Crippen molar-refractivity contribution in [1.29, 1.82) is 0 Å². The fourth-order valence-corrected chi connectivity index (χ4v) is 2.80. The van der Waals surface area contributed by atoms with Crippen LogP contribution >= 0.6 is 0 Å². The van der Waals surface area contributed by atoms with Crippen LogP contribution in [0.2, 0.25) is 0 Å². The summed E-state index contributed by atoms with van der Waals surface area (Å²) in [5.41, 5.74) is 0.932. The van der Waals surface area contributed by atoms with Gasteiger partial charge in [0.1, 0.15) is 5.78 Å². The van der Waals surface area contributed by atoms with Crippen LogP contribution in [-0.4, -0.2) is 18.7 Å². The van der Waals surface area contributed by atoms with Crippen LogP contribution in [0.1, 0.15) is 32.6 Å². The number of nitrogens with zero attached hydrogens (tertiary/aromatic N) is 1. The molecule has 0 aliphatic heterocycles. The maximum absolute atomic E-state index is 12.4. The van der Waals surface area contributed by atoms with Gasteiger partial charge >= 0.3 is 0 Å². The topological polar surface area (TPSA) is 37.4 Å². The minimum absolute atomic E-state index is 0.0702. The van der Waals surface area contributed by atoms with Crippen LogP contribution in [0.5, 0.6) is 0 Å². The fraction of sp³-hybridized carbons (Fsp3) is 0.500. The molecular formula is C16H21NO2. The van der Waals surface area contributed by atoms with E-state index in [1.807, 2.05) is 37.4 Å². The van der Waals surface area contributed by atoms with E-state index < -0.39 is 0 Å². The maximum atomic E-state index is 12.4. The summed E-state index contributed by atoms with van der Waals surface area (Å²) >= 11 is 0. The molecule has 0 unspecified atom stereocenters. The standard InChI is InChI=1S/C16H21NO2/c1-12(18)13-8-10-14(11-9-13)16(19)17(2)15-6-4-3-5-7-15/h3-7,13-14H,8-11H2,1-2H3. The summed E-state index contributed by atoms with van der Waals surface area (Å²) in [6, 6.07) is 9.70. The number of ketones is 1. The number of benzene rings is 1. The zero-order valence-electron chi connectivity index (χ0n) is 11.6. The first-order valence-corrected chi connectivity index (χ1v) is 6.92. The van der Waals surface area contributed by atoms with Gasteiger partial charge in [-0.2, -0.15) is 0 Å². The van der Waals surface area contributed by atoms with Crippen LogP contribution in [0.25, 0.3) is 0 Å². The van der Waals surface area contributed by atoms with E-state index in [1.165, 1.54) is 0 Å². The van der Waals surface area contributed by atoms with Crippen LogP contribution < -0.4 is 4.90 Å². The zero-order valence-corrected chi connectivity index (χ0v) is 11.6. The van der Waals surface area contributed by atoms with Crippen molar-refractivity contribution in [3.05, 3.63) is 30.3 Å². The molecule has 1 aliphatic rings. The third kappa shape index (κ3) is 3.22. The smallest absolute Gasteiger partial charge is 0.229 e. The second-order valence-electron chi connectivity index (χ2n) is 5.39. The van der Waals surface area contributed by atoms with E-state index in [4.69, 9.17) is 0 Å². The van der Waals surface area contributed by atoms with E-state index in [2.05, 4.69) is 0 Å². The molecule has 1 fully saturated rings. The van der Waals surface area contributed by atoms with Crippen LogP contribution in [0.3, 0.4) is 0 Å². The van der Waals surface area contributed by atoms with E-state index in [1.54, 1.807) is 11.8 Å². The van der Waals surface area contributed by atoms with Gasteiger partial charge in [-0.05, 0) is 44.7 Å². The van der Waals surface area contributed by atoms with Gasteiger partial charge in [-0.25, -0.2) is 0 Å². The molecule has 1 aliphatic carbocycles. The van der Waals surface area contributed by atoms with E-state index in [0.29, 0.717) is 0 Å². The lowest BCUT2D eigenvalue weighted by Crippen LogP contribution is -2.35. The van der Waals surface area contributed by atoms with Gasteiger partial charge in [0.25, 0.3) is 0 Å². The molecule has 19 heavy (non-hydrogen) atoms. The molecule has 0 aromatic heterocycles. The number of anilines is 1. The van der Waals surface area contributed by atoms with Gasteiger partial charge in [-0.3, -0.25) is 9.59 Å². The number of hydrogen-bond donors (Lipinski definition) is 0. The molecule has 1 aromatic carbocycles. The number of amides is 1. The molecule has 1 saturated carbocycles. The molecule has 0 spiro atoms. The van der Waals surface area contributed by atoms with Crippen LogP contribution in [0, 0.1) is 11.8 Å². The van der Waals surface area contributed by atoms with E-state index in [0.717, 1.165) is 31.4 Å². The molecule has 3 heteroatoms. The second-order valence-corrected chi connectivity index (χ2v) is 5.39. The minimum Gasteiger partial charge on any atom is -0.315 e. The predicted octanol–water partition coefficient (Wildman–Crippen LogP) is 3.04. The molecule has 0 heterocycles. The summed E-state index contributed by atoms with van der Waals surface area (Å²) in [6.45, 7) is 1.66. The Morgan fingerprint density at radius 2 is 1.53 bits per heavy atom. The molecule has 2 rings (SSSR count). The Morgan fingerprint density at radius 3 is 2.05 bits per heavy atom. The first-order valence-electron chi connectivity index (χ1n) is 6.92. The van der Waals surface area contributed by atoms with Crippen LogP contribution in [0.4, 0.5) is 5.69 Å². The number of rotatable bonds is 3. The number of para-hydroxylation sites is 1. The average Bonchev–Trinajstić information content (AvgIpc) is 2.46. The molecule has 0 radical (unpaired) electrons. The molecule has 3 nitrogen and oxygen atoms in total. The first kappa shape index (κ1) is 13.8. The summed E-state index contributed by atoms with van der Waals surface area (Å²) in [5, 5.41) is 0. The van der Waals surface area contributed by atoms with Gasteiger partial charge in [0.2, 0.25) is 5.91 Å². The van der Waals surface area contributed by atoms with Crippen molar-refractivity contribution in [3.8, 4) is 0 Å². The number of carbonyl (C=O) groups is 2. The Balaban J connectivity index is 1.96. The summed E-state index contributed by atoms with van der Waals surface area (Å²) in [5.74, 6) is 0.683. The Morgan fingerprint density at radius 1 is 1.00 bits per heavy atom. The summed E-state index contributed by atoms with van der Waals surface area (Å²) < 4.78 is 0. The lowest BCUT2D eigenvalue weighted by atomic mass is 9.80. The monoisotopic (exact) mass is 259 g/mol. The molecule has 0 N–H and O–H groups in total. The number of hydrogen-bond acceptors (Lipinski definition) is 2. The Bertz CT molecular complexity index is 447. The van der Waals surface area contributed by atoms with Gasteiger partial charge in [0.15, 0.2) is 0 Å². The fourth-order valence-electron chi connectivity index (χ4n) is 2.80. The molecule has 102 valence electrons. The van der Waals surface area contributed by atoms with E-state index in [-0.39, 0.29) is 23.5 Å². The molecule has 1 aromatic rings. The van der Waals surface area contributed by atoms with E-state index >= 15 is 0 Å². The SMILES string of the molecule is CC(=O)C1CCC(C(=O)N(C)c2ccccc2)CC1. The minimum atomic E-state index is 0.0702. The summed E-state index contributed by atoms with van der Waals surface area (Å²) in [7, 11) is 1.83. The van der Waals surface area contributed by atoms with Crippen molar-refractivity contribution < 1.29 is 9.59 Å². The third-order valence-electron chi connectivity index (χ3n) is 4.13. The van der Waals surface area contributed by atoms with Gasteiger partial charge in [0, 0.05) is 24.6 Å². The van der Waals surface area contributed by atoms with E-state index in [9.17, 15) is 9.59 Å². The third-order valence-corrected chi connectivity index (χ3v) is 4.13. The lowest BCUT2D eigenvalue weighted by molar-refractivity contribution is -0.126. The van der Waals surface area contributed by atoms with Crippen molar-refractivity contribution in [1.82, 2.24) is 0 Å². The van der Waals surface area contributed by atoms with Crippen molar-refractivity contribution in [3.63, 3.8) is 0 Å². The maximum Gasteiger partial charge on any atom is 0.229 e. The highest BCUT2D eigenvalue weighted by Gasteiger charge is 2.30. The highest BCUT2D eigenvalue weighted by atomic mass is 16.2. The van der Waals surface area contributed by atoms with Gasteiger partial charge in [0.05, 0.1) is 0 Å². The average molecular weight is 259 g/mol. The van der Waals surface area contributed by atoms with Crippen molar-refractivity contribution in [2.24, 2.45) is 11.8 Å². The Labute approximate surface area is 114 Å². The van der Waals surface area contributed by atoms with Gasteiger partial charge < -0.3 is 4.90 Å². The van der Waals surface area contributed by atoms with Gasteiger partial charge in [-0.1, -0.05) is 18.2 Å². The lowest BCUT2D eigenvalue weighted by Gasteiger charge is -2.29. The Hall–Kier alpha value is -1.64. The number of carbonyl (C=O) groups excluding carboxylic acids is 2. The second kappa shape index (κ2) is 6.00. The van der Waals surface area contributed by atoms with Crippen molar-refractivity contribution >= 4 is 17.4 Å². The van der Waals surface area contributed by atoms with Gasteiger partial charge in [-0.15, -0.1) is 0 Å². The highest BCUT2D eigenvalue weighted by molar-refractivity contribution is 5.94. The number of Topliss-reactive ketones (excluding diaryl/α,β-unsaturated/α-hetero) is 1. The molecular weight excluding hydrogens is 238 g/mol. The summed E-state index contributed by atoms with van der Waals surface area (Å²) in [4.78, 5) is 25.5. The van der Waals surface area contributed by atoms with Crippen LogP contribution in [-0.2, 0) is 9.59 Å². The van der Waals surface area contributed by atoms with Crippen LogP contribution in [0.15, 0.2) is 30.3 Å². The normalized spacial score (nSPS) is 22.8. The molecule has 0 atom stereocenters. The highest BCUT2D eigenvalue weighted by Crippen LogP contribution is 2.31. The predicted molar refractivity (Wildman–Crippen MR) is 76.0 cm³/mol. The molecule has 1 amide bonds. The summed E-state index contributed by atoms with van der Waals surface area (Å²) in [6.07, 6.45) is 3.38. The molecule has 0 bridgehead atoms. The quantitative estimate of drug-likeness (QED) is 0.836. The zero-order chi connectivity index (χ0) is 13.8. The molecule has 0 saturated heterocycles. The largest absolute Gasteiger partial charge is 0.315 e. The van der Waals surface area contributed by atoms with Crippen molar-refractivity contribution in [2.75, 3.05) is 11.9 Å².